The van der Waals surface area contributed by atoms with Gasteiger partial charge < -0.3 is 14.6 Å². The minimum absolute atomic E-state index is 0.164. The Kier molecular flexibility index (Phi) is 54.5. The molecule has 364 valence electrons. The molecule has 0 aliphatic rings. The number of esters is 1. The number of carbonyl (C=O) groups excluding carboxylic acids is 1. The van der Waals surface area contributed by atoms with Gasteiger partial charge in [0.05, 0.1) is 13.2 Å². The molecule has 0 bridgehead atoms. The summed E-state index contributed by atoms with van der Waals surface area (Å²) in [6, 6.07) is 0. The lowest BCUT2D eigenvalue weighted by Gasteiger charge is -2.16. The zero-order valence-electron chi connectivity index (χ0n) is 42.0. The standard InChI is InChI=1S/C57H112O4/c1-3-5-7-9-11-13-15-17-19-21-23-25-27-29-30-32-34-36-38-40-42-44-46-48-50-52-57(59)61-56(54-58)55-60-53-51-49-47-45-43-41-39-37-35-33-31-28-26-24-22-20-18-16-14-12-10-8-6-4-2/h21,23,56,58H,3-20,22,24-55H2,1-2H3/b23-21-. The van der Waals surface area contributed by atoms with Crippen molar-refractivity contribution in [1.82, 2.24) is 0 Å². The molecule has 0 radical (unpaired) electrons. The third kappa shape index (κ3) is 53.4. The fraction of sp³-hybridized carbons (Fsp3) is 0.947. The van der Waals surface area contributed by atoms with Gasteiger partial charge in [0.25, 0.3) is 0 Å². The topological polar surface area (TPSA) is 55.8 Å². The zero-order valence-corrected chi connectivity index (χ0v) is 42.0. The quantitative estimate of drug-likeness (QED) is 0.0376. The van der Waals surface area contributed by atoms with Crippen molar-refractivity contribution in [1.29, 1.82) is 0 Å². The molecule has 1 N–H and O–H groups in total. The summed E-state index contributed by atoms with van der Waals surface area (Å²) >= 11 is 0. The molecular formula is C57H112O4. The molecule has 0 aromatic rings. The van der Waals surface area contributed by atoms with Crippen LogP contribution < -0.4 is 0 Å². The first-order valence-electron chi connectivity index (χ1n) is 28.3. The Morgan fingerprint density at radius 2 is 0.639 bits per heavy atom. The van der Waals surface area contributed by atoms with Gasteiger partial charge in [0, 0.05) is 13.0 Å². The molecule has 0 spiro atoms. The molecular weight excluding hydrogens is 749 g/mol. The van der Waals surface area contributed by atoms with E-state index in [1.54, 1.807) is 0 Å². The predicted molar refractivity (Wildman–Crippen MR) is 270 cm³/mol. The van der Waals surface area contributed by atoms with Gasteiger partial charge in [-0.15, -0.1) is 0 Å². The molecule has 4 heteroatoms. The second kappa shape index (κ2) is 55.3. The average molecular weight is 862 g/mol. The third-order valence-corrected chi connectivity index (χ3v) is 13.1. The second-order valence-electron chi connectivity index (χ2n) is 19.4. The molecule has 1 unspecified atom stereocenters. The number of carbonyl (C=O) groups is 1. The summed E-state index contributed by atoms with van der Waals surface area (Å²) in [5.41, 5.74) is 0. The molecule has 0 aliphatic carbocycles. The van der Waals surface area contributed by atoms with Crippen LogP contribution in [0.4, 0.5) is 0 Å². The highest BCUT2D eigenvalue weighted by atomic mass is 16.6. The summed E-state index contributed by atoms with van der Waals surface area (Å²) < 4.78 is 11.3. The monoisotopic (exact) mass is 861 g/mol. The molecule has 61 heavy (non-hydrogen) atoms. The highest BCUT2D eigenvalue weighted by Crippen LogP contribution is 2.17. The number of hydrogen-bond acceptors (Lipinski definition) is 4. The molecule has 0 fully saturated rings. The summed E-state index contributed by atoms with van der Waals surface area (Å²) in [4.78, 5) is 12.3. The van der Waals surface area contributed by atoms with E-state index in [1.165, 1.54) is 283 Å². The smallest absolute Gasteiger partial charge is 0.306 e. The first-order chi connectivity index (χ1) is 30.2. The normalized spacial score (nSPS) is 12.2. The fourth-order valence-electron chi connectivity index (χ4n) is 8.86. The Bertz CT molecular complexity index is 826. The van der Waals surface area contributed by atoms with Gasteiger partial charge in [0.2, 0.25) is 0 Å². The van der Waals surface area contributed by atoms with E-state index < -0.39 is 6.10 Å². The van der Waals surface area contributed by atoms with Crippen LogP contribution in [0.1, 0.15) is 322 Å². The van der Waals surface area contributed by atoms with Crippen molar-refractivity contribution in [3.05, 3.63) is 12.2 Å². The van der Waals surface area contributed by atoms with Crippen LogP contribution in [0.5, 0.6) is 0 Å². The Morgan fingerprint density at radius 1 is 0.377 bits per heavy atom. The molecule has 0 saturated heterocycles. The van der Waals surface area contributed by atoms with Crippen LogP contribution in [0.3, 0.4) is 0 Å². The van der Waals surface area contributed by atoms with Crippen LogP contribution >= 0.6 is 0 Å². The van der Waals surface area contributed by atoms with Crippen molar-refractivity contribution >= 4 is 5.97 Å². The van der Waals surface area contributed by atoms with E-state index in [4.69, 9.17) is 9.47 Å². The third-order valence-electron chi connectivity index (χ3n) is 13.1. The van der Waals surface area contributed by atoms with E-state index in [0.29, 0.717) is 19.6 Å². The van der Waals surface area contributed by atoms with E-state index >= 15 is 0 Å². The van der Waals surface area contributed by atoms with Crippen LogP contribution in [0.15, 0.2) is 12.2 Å². The van der Waals surface area contributed by atoms with Gasteiger partial charge in [-0.1, -0.05) is 289 Å². The minimum Gasteiger partial charge on any atom is -0.457 e. The fourth-order valence-corrected chi connectivity index (χ4v) is 8.86. The lowest BCUT2D eigenvalue weighted by Crippen LogP contribution is -2.27. The van der Waals surface area contributed by atoms with Crippen molar-refractivity contribution in [3.63, 3.8) is 0 Å². The molecule has 0 aromatic carbocycles. The number of hydrogen-bond donors (Lipinski definition) is 1. The van der Waals surface area contributed by atoms with E-state index in [-0.39, 0.29) is 12.6 Å². The van der Waals surface area contributed by atoms with E-state index in [2.05, 4.69) is 26.0 Å². The largest absolute Gasteiger partial charge is 0.457 e. The lowest BCUT2D eigenvalue weighted by molar-refractivity contribution is -0.154. The second-order valence-corrected chi connectivity index (χ2v) is 19.4. The molecule has 0 amide bonds. The van der Waals surface area contributed by atoms with Gasteiger partial charge >= 0.3 is 5.97 Å². The summed E-state index contributed by atoms with van der Waals surface area (Å²) in [7, 11) is 0. The van der Waals surface area contributed by atoms with Gasteiger partial charge in [-0.25, -0.2) is 0 Å². The zero-order chi connectivity index (χ0) is 44.0. The van der Waals surface area contributed by atoms with Gasteiger partial charge in [-0.05, 0) is 38.5 Å². The summed E-state index contributed by atoms with van der Waals surface area (Å²) in [6.07, 6.45) is 69.1. The minimum atomic E-state index is -0.529. The first-order valence-corrected chi connectivity index (χ1v) is 28.3. The number of aliphatic hydroxyl groups is 1. The van der Waals surface area contributed by atoms with E-state index in [9.17, 15) is 9.90 Å². The molecule has 0 rings (SSSR count). The number of allylic oxidation sites excluding steroid dienone is 2. The van der Waals surface area contributed by atoms with Crippen LogP contribution in [-0.2, 0) is 14.3 Å². The molecule has 4 nitrogen and oxygen atoms in total. The van der Waals surface area contributed by atoms with Gasteiger partial charge in [-0.3, -0.25) is 4.79 Å². The molecule has 0 aromatic heterocycles. The number of rotatable bonds is 54. The Balaban J connectivity index is 3.33. The maximum Gasteiger partial charge on any atom is 0.306 e. The van der Waals surface area contributed by atoms with Gasteiger partial charge in [-0.2, -0.15) is 0 Å². The SMILES string of the molecule is CCCCCCCCCC/C=C\CCCCCCCCCCCCCCCC(=O)OC(CO)COCCCCCCCCCCCCCCCCCCCCCCCCCC. The van der Waals surface area contributed by atoms with E-state index in [1.807, 2.05) is 0 Å². The molecule has 0 saturated carbocycles. The van der Waals surface area contributed by atoms with Crippen molar-refractivity contribution in [2.75, 3.05) is 19.8 Å². The maximum absolute atomic E-state index is 12.3. The number of ether oxygens (including phenoxy) is 2. The Hall–Kier alpha value is -0.870. The Labute approximate surface area is 384 Å². The van der Waals surface area contributed by atoms with Crippen molar-refractivity contribution < 1.29 is 19.4 Å². The number of unbranched alkanes of at least 4 members (excludes halogenated alkanes) is 44. The van der Waals surface area contributed by atoms with Crippen LogP contribution in [0.25, 0.3) is 0 Å². The van der Waals surface area contributed by atoms with Gasteiger partial charge in [0.1, 0.15) is 6.10 Å². The van der Waals surface area contributed by atoms with Gasteiger partial charge in [0.15, 0.2) is 0 Å². The highest BCUT2D eigenvalue weighted by Gasteiger charge is 2.13. The Morgan fingerprint density at radius 3 is 0.934 bits per heavy atom. The molecule has 1 atom stereocenters. The van der Waals surface area contributed by atoms with Crippen LogP contribution in [0.2, 0.25) is 0 Å². The van der Waals surface area contributed by atoms with E-state index in [0.717, 1.165) is 19.3 Å². The molecule has 0 heterocycles. The predicted octanol–water partition coefficient (Wildman–Crippen LogP) is 19.2. The van der Waals surface area contributed by atoms with Crippen molar-refractivity contribution in [3.8, 4) is 0 Å². The summed E-state index contributed by atoms with van der Waals surface area (Å²) in [6.45, 7) is 5.42. The first kappa shape index (κ1) is 60.1. The summed E-state index contributed by atoms with van der Waals surface area (Å²) in [5, 5.41) is 9.67. The average Bonchev–Trinajstić information content (AvgIpc) is 3.27. The summed E-state index contributed by atoms with van der Waals surface area (Å²) in [5.74, 6) is -0.192. The van der Waals surface area contributed by atoms with Crippen LogP contribution in [0, 0.1) is 0 Å². The lowest BCUT2D eigenvalue weighted by atomic mass is 10.0. The van der Waals surface area contributed by atoms with Crippen molar-refractivity contribution in [2.45, 2.75) is 328 Å². The number of aliphatic hydroxyl groups excluding tert-OH is 1. The van der Waals surface area contributed by atoms with Crippen molar-refractivity contribution in [2.24, 2.45) is 0 Å². The molecule has 0 aliphatic heterocycles. The maximum atomic E-state index is 12.3. The highest BCUT2D eigenvalue weighted by molar-refractivity contribution is 5.69. The van der Waals surface area contributed by atoms with Crippen LogP contribution in [-0.4, -0.2) is 37.0 Å².